The van der Waals surface area contributed by atoms with Crippen LogP contribution in [-0.4, -0.2) is 17.6 Å². The zero-order chi connectivity index (χ0) is 20.5. The van der Waals surface area contributed by atoms with Crippen LogP contribution in [0.2, 0.25) is 0 Å². The maximum atomic E-state index is 12.5. The number of hydrogen-bond donors (Lipinski definition) is 2. The van der Waals surface area contributed by atoms with Crippen molar-refractivity contribution in [3.8, 4) is 11.8 Å². The van der Waals surface area contributed by atoms with E-state index in [4.69, 9.17) is 22.2 Å². The van der Waals surface area contributed by atoms with Crippen molar-refractivity contribution in [1.29, 1.82) is 5.26 Å². The van der Waals surface area contributed by atoms with Crippen LogP contribution in [0.5, 0.6) is 5.75 Å². The zero-order valence-electron chi connectivity index (χ0n) is 15.6. The summed E-state index contributed by atoms with van der Waals surface area (Å²) >= 11 is 5.19. The molecule has 6 heteroatoms. The summed E-state index contributed by atoms with van der Waals surface area (Å²) in [4.78, 5) is 12.5. The second kappa shape index (κ2) is 10.0. The first-order valence-corrected chi connectivity index (χ1v) is 9.45. The van der Waals surface area contributed by atoms with Gasteiger partial charge in [-0.15, -0.1) is 0 Å². The summed E-state index contributed by atoms with van der Waals surface area (Å²) in [5.74, 6) is 0.257. The van der Waals surface area contributed by atoms with Gasteiger partial charge in [-0.05, 0) is 48.1 Å². The number of nitrogens with zero attached hydrogens (tertiary/aromatic N) is 1. The van der Waals surface area contributed by atoms with Gasteiger partial charge in [-0.1, -0.05) is 48.5 Å². The second-order valence-electron chi connectivity index (χ2n) is 6.18. The molecule has 2 N–H and O–H groups in total. The standard InChI is InChI=1S/C23H19N3O2S/c24-16-19-9-4-5-12-21(19)25-23(29)26-22(27)18-10-6-11-20(15-18)28-14-13-17-7-2-1-3-8-17/h1-12,15H,13-14H2,(H2,25,26,27,29). The van der Waals surface area contributed by atoms with E-state index in [2.05, 4.69) is 16.7 Å². The maximum absolute atomic E-state index is 12.5. The second-order valence-corrected chi connectivity index (χ2v) is 6.59. The monoisotopic (exact) mass is 401 g/mol. The van der Waals surface area contributed by atoms with Gasteiger partial charge in [0.2, 0.25) is 0 Å². The number of benzene rings is 3. The fourth-order valence-electron chi connectivity index (χ4n) is 2.68. The molecular weight excluding hydrogens is 382 g/mol. The summed E-state index contributed by atoms with van der Waals surface area (Å²) in [7, 11) is 0. The lowest BCUT2D eigenvalue weighted by Gasteiger charge is -2.11. The highest BCUT2D eigenvalue weighted by atomic mass is 32.1. The maximum Gasteiger partial charge on any atom is 0.257 e. The van der Waals surface area contributed by atoms with E-state index in [1.165, 1.54) is 5.56 Å². The average Bonchev–Trinajstić information content (AvgIpc) is 2.75. The normalized spacial score (nSPS) is 9.90. The number of para-hydroxylation sites is 1. The van der Waals surface area contributed by atoms with Crippen LogP contribution >= 0.6 is 12.2 Å². The van der Waals surface area contributed by atoms with E-state index in [-0.39, 0.29) is 11.0 Å². The Hall–Kier alpha value is -3.69. The van der Waals surface area contributed by atoms with E-state index in [0.717, 1.165) is 6.42 Å². The summed E-state index contributed by atoms with van der Waals surface area (Å²) < 4.78 is 5.77. The van der Waals surface area contributed by atoms with Gasteiger partial charge in [-0.25, -0.2) is 0 Å². The molecule has 3 aromatic rings. The van der Waals surface area contributed by atoms with E-state index in [1.54, 1.807) is 42.5 Å². The number of ether oxygens (including phenoxy) is 1. The van der Waals surface area contributed by atoms with Crippen molar-refractivity contribution in [3.05, 3.63) is 95.6 Å². The molecule has 144 valence electrons. The molecule has 0 aliphatic heterocycles. The van der Waals surface area contributed by atoms with E-state index in [9.17, 15) is 4.79 Å². The lowest BCUT2D eigenvalue weighted by Crippen LogP contribution is -2.34. The van der Waals surface area contributed by atoms with Crippen LogP contribution in [0, 0.1) is 11.3 Å². The van der Waals surface area contributed by atoms with E-state index in [1.807, 2.05) is 36.4 Å². The summed E-state index contributed by atoms with van der Waals surface area (Å²) in [6, 6.07) is 26.0. The molecule has 0 heterocycles. The van der Waals surface area contributed by atoms with Gasteiger partial charge in [0.1, 0.15) is 11.8 Å². The van der Waals surface area contributed by atoms with Crippen molar-refractivity contribution in [2.75, 3.05) is 11.9 Å². The Labute approximate surface area is 174 Å². The molecular formula is C23H19N3O2S. The minimum absolute atomic E-state index is 0.119. The van der Waals surface area contributed by atoms with Gasteiger partial charge < -0.3 is 10.1 Å². The number of anilines is 1. The molecule has 0 aliphatic rings. The number of carbonyl (C=O) groups excluding carboxylic acids is 1. The summed E-state index contributed by atoms with van der Waals surface area (Å²) in [6.45, 7) is 0.514. The fraction of sp³-hybridized carbons (Fsp3) is 0.0870. The Kier molecular flexibility index (Phi) is 6.93. The smallest absolute Gasteiger partial charge is 0.257 e. The fourth-order valence-corrected chi connectivity index (χ4v) is 2.88. The van der Waals surface area contributed by atoms with E-state index in [0.29, 0.717) is 29.2 Å². The Morgan fingerprint density at radius 3 is 2.55 bits per heavy atom. The highest BCUT2D eigenvalue weighted by molar-refractivity contribution is 7.80. The molecule has 0 aliphatic carbocycles. The van der Waals surface area contributed by atoms with Crippen LogP contribution in [0.15, 0.2) is 78.9 Å². The van der Waals surface area contributed by atoms with Crippen molar-refractivity contribution in [2.45, 2.75) is 6.42 Å². The first-order valence-electron chi connectivity index (χ1n) is 9.04. The molecule has 29 heavy (non-hydrogen) atoms. The minimum atomic E-state index is -0.356. The predicted octanol–water partition coefficient (Wildman–Crippen LogP) is 4.31. The van der Waals surface area contributed by atoms with Gasteiger partial charge in [0.25, 0.3) is 5.91 Å². The van der Waals surface area contributed by atoms with Crippen LogP contribution in [0.25, 0.3) is 0 Å². The largest absolute Gasteiger partial charge is 0.493 e. The first kappa shape index (κ1) is 20.1. The van der Waals surface area contributed by atoms with Crippen LogP contribution in [0.1, 0.15) is 21.5 Å². The topological polar surface area (TPSA) is 74.2 Å². The third kappa shape index (κ3) is 5.89. The molecule has 3 rings (SSSR count). The molecule has 0 bridgehead atoms. The Bertz CT molecular complexity index is 1050. The summed E-state index contributed by atoms with van der Waals surface area (Å²) in [5.41, 5.74) is 2.60. The molecule has 0 spiro atoms. The molecule has 5 nitrogen and oxygen atoms in total. The minimum Gasteiger partial charge on any atom is -0.493 e. The number of nitrogens with one attached hydrogen (secondary N) is 2. The molecule has 0 aromatic heterocycles. The Morgan fingerprint density at radius 1 is 1.00 bits per heavy atom. The third-order valence-corrected chi connectivity index (χ3v) is 4.33. The highest BCUT2D eigenvalue weighted by Crippen LogP contribution is 2.15. The van der Waals surface area contributed by atoms with Crippen LogP contribution < -0.4 is 15.4 Å². The van der Waals surface area contributed by atoms with Crippen LogP contribution in [0.3, 0.4) is 0 Å². The van der Waals surface area contributed by atoms with Gasteiger partial charge in [0, 0.05) is 12.0 Å². The van der Waals surface area contributed by atoms with Crippen molar-refractivity contribution in [3.63, 3.8) is 0 Å². The molecule has 0 saturated carbocycles. The van der Waals surface area contributed by atoms with Gasteiger partial charge >= 0.3 is 0 Å². The quantitative estimate of drug-likeness (QED) is 0.602. The molecule has 0 atom stereocenters. The summed E-state index contributed by atoms with van der Waals surface area (Å²) in [5, 5.41) is 14.7. The van der Waals surface area contributed by atoms with Crippen LogP contribution in [-0.2, 0) is 6.42 Å². The number of carbonyl (C=O) groups is 1. The molecule has 3 aromatic carbocycles. The average molecular weight is 401 g/mol. The highest BCUT2D eigenvalue weighted by Gasteiger charge is 2.10. The number of amides is 1. The zero-order valence-corrected chi connectivity index (χ0v) is 16.4. The first-order chi connectivity index (χ1) is 14.2. The van der Waals surface area contributed by atoms with E-state index >= 15 is 0 Å². The Balaban J connectivity index is 1.56. The molecule has 0 radical (unpaired) electrons. The van der Waals surface area contributed by atoms with Crippen molar-refractivity contribution in [2.24, 2.45) is 0 Å². The molecule has 0 unspecified atom stereocenters. The Morgan fingerprint density at radius 2 is 1.76 bits per heavy atom. The van der Waals surface area contributed by atoms with Crippen LogP contribution in [0.4, 0.5) is 5.69 Å². The number of hydrogen-bond acceptors (Lipinski definition) is 4. The number of nitriles is 1. The number of rotatable bonds is 6. The van der Waals surface area contributed by atoms with Crippen molar-refractivity contribution in [1.82, 2.24) is 5.32 Å². The van der Waals surface area contributed by atoms with Gasteiger partial charge in [-0.2, -0.15) is 5.26 Å². The van der Waals surface area contributed by atoms with Gasteiger partial charge in [-0.3, -0.25) is 10.1 Å². The third-order valence-electron chi connectivity index (χ3n) is 4.12. The molecule has 0 saturated heterocycles. The molecule has 1 amide bonds. The van der Waals surface area contributed by atoms with E-state index < -0.39 is 0 Å². The lowest BCUT2D eigenvalue weighted by atomic mass is 10.2. The van der Waals surface area contributed by atoms with Gasteiger partial charge in [0.05, 0.1) is 17.9 Å². The summed E-state index contributed by atoms with van der Waals surface area (Å²) in [6.07, 6.45) is 0.781. The lowest BCUT2D eigenvalue weighted by molar-refractivity contribution is 0.0977. The number of thiocarbonyl (C=S) groups is 1. The van der Waals surface area contributed by atoms with Crippen molar-refractivity contribution >= 4 is 28.9 Å². The molecule has 0 fully saturated rings. The predicted molar refractivity (Wildman–Crippen MR) is 117 cm³/mol. The SMILES string of the molecule is N#Cc1ccccc1NC(=S)NC(=O)c1cccc(OCCc2ccccc2)c1. The van der Waals surface area contributed by atoms with Crippen molar-refractivity contribution < 1.29 is 9.53 Å². The van der Waals surface area contributed by atoms with Gasteiger partial charge in [0.15, 0.2) is 5.11 Å².